The second-order valence-corrected chi connectivity index (χ2v) is 8.22. The van der Waals surface area contributed by atoms with Crippen molar-refractivity contribution in [2.24, 2.45) is 0 Å². The van der Waals surface area contributed by atoms with Gasteiger partial charge >= 0.3 is 6.09 Å². The number of hydrogen-bond donors (Lipinski definition) is 1. The van der Waals surface area contributed by atoms with Gasteiger partial charge in [-0.1, -0.05) is 30.3 Å². The van der Waals surface area contributed by atoms with Crippen LogP contribution in [0.25, 0.3) is 0 Å². The maximum absolute atomic E-state index is 12.0. The molecule has 0 aliphatic carbocycles. The van der Waals surface area contributed by atoms with Gasteiger partial charge in [-0.3, -0.25) is 4.90 Å². The van der Waals surface area contributed by atoms with Crippen LogP contribution in [0.3, 0.4) is 0 Å². The monoisotopic (exact) mass is 378 g/mol. The number of methoxy groups -OCH3 is 1. The van der Waals surface area contributed by atoms with Crippen LogP contribution < -0.4 is 5.32 Å². The average Bonchev–Trinajstić information content (AvgIpc) is 2.61. The fourth-order valence-corrected chi connectivity index (χ4v) is 3.27. The van der Waals surface area contributed by atoms with Crippen molar-refractivity contribution in [1.29, 1.82) is 0 Å². The number of rotatable bonds is 6. The van der Waals surface area contributed by atoms with Crippen LogP contribution >= 0.6 is 0 Å². The molecule has 1 saturated heterocycles. The molecule has 1 aromatic carbocycles. The van der Waals surface area contributed by atoms with Crippen molar-refractivity contribution in [1.82, 2.24) is 10.2 Å². The maximum Gasteiger partial charge on any atom is 0.408 e. The highest BCUT2D eigenvalue weighted by Crippen LogP contribution is 2.24. The summed E-state index contributed by atoms with van der Waals surface area (Å²) in [6.07, 6.45) is 0.785. The van der Waals surface area contributed by atoms with Crippen molar-refractivity contribution in [3.63, 3.8) is 0 Å². The van der Waals surface area contributed by atoms with E-state index >= 15 is 0 Å². The summed E-state index contributed by atoms with van der Waals surface area (Å²) in [5, 5.41) is 2.87. The third kappa shape index (κ3) is 6.79. The third-order valence-electron chi connectivity index (χ3n) is 4.82. The zero-order chi connectivity index (χ0) is 20.0. The molecule has 0 unspecified atom stereocenters. The number of amides is 1. The summed E-state index contributed by atoms with van der Waals surface area (Å²) in [6.45, 7) is 8.53. The first-order valence-corrected chi connectivity index (χ1v) is 9.62. The Morgan fingerprint density at radius 3 is 2.56 bits per heavy atom. The van der Waals surface area contributed by atoms with Crippen molar-refractivity contribution in [2.75, 3.05) is 20.7 Å². The zero-order valence-electron chi connectivity index (χ0n) is 17.4. The van der Waals surface area contributed by atoms with Crippen molar-refractivity contribution >= 4 is 6.09 Å². The first kappa shape index (κ1) is 21.7. The van der Waals surface area contributed by atoms with Gasteiger partial charge in [-0.15, -0.1) is 0 Å². The van der Waals surface area contributed by atoms with E-state index in [1.165, 1.54) is 5.56 Å². The molecule has 152 valence electrons. The number of alkyl carbamates (subject to hydrolysis) is 1. The fourth-order valence-electron chi connectivity index (χ4n) is 3.27. The molecule has 1 heterocycles. The van der Waals surface area contributed by atoms with Crippen LogP contribution in [-0.4, -0.2) is 55.7 Å². The maximum atomic E-state index is 12.0. The van der Waals surface area contributed by atoms with Crippen molar-refractivity contribution in [3.8, 4) is 0 Å². The van der Waals surface area contributed by atoms with E-state index < -0.39 is 18.0 Å². The van der Waals surface area contributed by atoms with Crippen molar-refractivity contribution < 1.29 is 19.0 Å². The van der Waals surface area contributed by atoms with E-state index in [2.05, 4.69) is 48.5 Å². The molecule has 6 heteroatoms. The first-order chi connectivity index (χ1) is 12.7. The zero-order valence-corrected chi connectivity index (χ0v) is 17.4. The molecule has 0 aromatic heterocycles. The van der Waals surface area contributed by atoms with Crippen LogP contribution in [0.15, 0.2) is 30.3 Å². The molecule has 0 radical (unpaired) electrons. The van der Waals surface area contributed by atoms with Gasteiger partial charge in [-0.05, 0) is 53.1 Å². The average molecular weight is 379 g/mol. The van der Waals surface area contributed by atoms with E-state index in [-0.39, 0.29) is 12.1 Å². The fraction of sp³-hybridized carbons (Fsp3) is 0.667. The molecule has 1 fully saturated rings. The highest BCUT2D eigenvalue weighted by Gasteiger charge is 2.34. The third-order valence-corrected chi connectivity index (χ3v) is 4.82. The van der Waals surface area contributed by atoms with Gasteiger partial charge in [0.05, 0.1) is 12.1 Å². The number of benzene rings is 1. The second kappa shape index (κ2) is 9.53. The normalized spacial score (nSPS) is 24.5. The summed E-state index contributed by atoms with van der Waals surface area (Å²) in [4.78, 5) is 14.3. The summed E-state index contributed by atoms with van der Waals surface area (Å²) in [5.74, 6) is 0. The SMILES string of the molecule is CO[C@H]1O[C@H](CN(C)[C@H](C)c2ccccc2)CC[C@H]1NC(=O)OC(C)(C)C. The Kier molecular flexibility index (Phi) is 7.65. The molecular formula is C21H34N2O4. The highest BCUT2D eigenvalue weighted by atomic mass is 16.7. The number of nitrogens with zero attached hydrogens (tertiary/aromatic N) is 1. The lowest BCUT2D eigenvalue weighted by Gasteiger charge is -2.38. The predicted molar refractivity (Wildman–Crippen MR) is 106 cm³/mol. The minimum Gasteiger partial charge on any atom is -0.444 e. The number of carbonyl (C=O) groups excluding carboxylic acids is 1. The van der Waals surface area contributed by atoms with Gasteiger partial charge in [-0.25, -0.2) is 4.79 Å². The smallest absolute Gasteiger partial charge is 0.408 e. The minimum absolute atomic E-state index is 0.0581. The summed E-state index contributed by atoms with van der Waals surface area (Å²) in [7, 11) is 3.71. The van der Waals surface area contributed by atoms with E-state index in [1.54, 1.807) is 7.11 Å². The predicted octanol–water partition coefficient (Wildman–Crippen LogP) is 3.72. The van der Waals surface area contributed by atoms with Gasteiger partial charge in [0.15, 0.2) is 6.29 Å². The summed E-state index contributed by atoms with van der Waals surface area (Å²) < 4.78 is 16.9. The molecule has 1 amide bonds. The molecule has 4 atom stereocenters. The van der Waals surface area contributed by atoms with Crippen LogP contribution in [0.1, 0.15) is 52.1 Å². The molecule has 1 N–H and O–H groups in total. The van der Waals surface area contributed by atoms with Gasteiger partial charge < -0.3 is 19.5 Å². The summed E-state index contributed by atoms with van der Waals surface area (Å²) in [5.41, 5.74) is 0.754. The van der Waals surface area contributed by atoms with Gasteiger partial charge in [-0.2, -0.15) is 0 Å². The molecule has 2 rings (SSSR count). The first-order valence-electron chi connectivity index (χ1n) is 9.62. The lowest BCUT2D eigenvalue weighted by Crippen LogP contribution is -2.52. The van der Waals surface area contributed by atoms with Crippen LogP contribution in [0.2, 0.25) is 0 Å². The van der Waals surface area contributed by atoms with Crippen LogP contribution in [0, 0.1) is 0 Å². The van der Waals surface area contributed by atoms with Gasteiger partial charge in [0.1, 0.15) is 5.60 Å². The highest BCUT2D eigenvalue weighted by molar-refractivity contribution is 5.68. The number of hydrogen-bond acceptors (Lipinski definition) is 5. The topological polar surface area (TPSA) is 60.0 Å². The Bertz CT molecular complexity index is 588. The standard InChI is InChI=1S/C21H34N2O4/c1-15(16-10-8-7-9-11-16)23(5)14-17-12-13-18(19(25-6)26-17)22-20(24)27-21(2,3)4/h7-11,15,17-19H,12-14H2,1-6H3,(H,22,24)/t15-,17+,18-,19+/m1/s1. The molecule has 1 aliphatic heterocycles. The molecule has 0 bridgehead atoms. The molecule has 1 aromatic rings. The van der Waals surface area contributed by atoms with Crippen molar-refractivity contribution in [2.45, 2.75) is 70.6 Å². The van der Waals surface area contributed by atoms with E-state index in [9.17, 15) is 4.79 Å². The minimum atomic E-state index is -0.527. The summed E-state index contributed by atoms with van der Waals surface area (Å²) in [6, 6.07) is 10.5. The molecule has 0 saturated carbocycles. The number of likely N-dealkylation sites (N-methyl/N-ethyl adjacent to an activating group) is 1. The van der Waals surface area contributed by atoms with Crippen molar-refractivity contribution in [3.05, 3.63) is 35.9 Å². The lowest BCUT2D eigenvalue weighted by atomic mass is 10.0. The van der Waals surface area contributed by atoms with Crippen LogP contribution in [-0.2, 0) is 14.2 Å². The molecule has 1 aliphatic rings. The van der Waals surface area contributed by atoms with E-state index in [0.29, 0.717) is 6.04 Å². The van der Waals surface area contributed by atoms with Gasteiger partial charge in [0.2, 0.25) is 0 Å². The molecule has 0 spiro atoms. The van der Waals surface area contributed by atoms with Crippen LogP contribution in [0.4, 0.5) is 4.79 Å². The number of carbonyl (C=O) groups is 1. The molecule has 27 heavy (non-hydrogen) atoms. The van der Waals surface area contributed by atoms with E-state index in [4.69, 9.17) is 14.2 Å². The van der Waals surface area contributed by atoms with E-state index in [0.717, 1.165) is 19.4 Å². The number of nitrogens with one attached hydrogen (secondary N) is 1. The Morgan fingerprint density at radius 2 is 1.96 bits per heavy atom. The molecular weight excluding hydrogens is 344 g/mol. The Balaban J connectivity index is 1.87. The van der Waals surface area contributed by atoms with Crippen LogP contribution in [0.5, 0.6) is 0 Å². The Labute approximate surface area is 163 Å². The van der Waals surface area contributed by atoms with Gasteiger partial charge in [0, 0.05) is 19.7 Å². The largest absolute Gasteiger partial charge is 0.444 e. The summed E-state index contributed by atoms with van der Waals surface area (Å²) >= 11 is 0. The lowest BCUT2D eigenvalue weighted by molar-refractivity contribution is -0.197. The second-order valence-electron chi connectivity index (χ2n) is 8.22. The molecule has 6 nitrogen and oxygen atoms in total. The van der Waals surface area contributed by atoms with E-state index in [1.807, 2.05) is 26.8 Å². The number of ether oxygens (including phenoxy) is 3. The Morgan fingerprint density at radius 1 is 1.30 bits per heavy atom. The van der Waals surface area contributed by atoms with Gasteiger partial charge in [0.25, 0.3) is 0 Å². The quantitative estimate of drug-likeness (QED) is 0.817. The Hall–Kier alpha value is -1.63.